The molecule has 7 heteroatoms. The molecule has 0 bridgehead atoms. The van der Waals surface area contributed by atoms with Crippen LogP contribution in [0.2, 0.25) is 0 Å². The quantitative estimate of drug-likeness (QED) is 0.324. The van der Waals surface area contributed by atoms with E-state index in [0.29, 0.717) is 18.0 Å². The van der Waals surface area contributed by atoms with Gasteiger partial charge in [-0.2, -0.15) is 0 Å². The van der Waals surface area contributed by atoms with Crippen molar-refractivity contribution in [2.45, 2.75) is 34.6 Å². The van der Waals surface area contributed by atoms with E-state index < -0.39 is 11.8 Å². The molecular weight excluding hydrogens is 446 g/mol. The number of amides is 2. The third-order valence-corrected chi connectivity index (χ3v) is 6.29. The molecule has 0 unspecified atom stereocenters. The van der Waals surface area contributed by atoms with Gasteiger partial charge < -0.3 is 9.30 Å². The Bertz CT molecular complexity index is 1350. The van der Waals surface area contributed by atoms with E-state index in [1.807, 2.05) is 26.8 Å². The van der Waals surface area contributed by atoms with Crippen LogP contribution in [-0.4, -0.2) is 28.1 Å². The zero-order valence-corrected chi connectivity index (χ0v) is 20.7. The van der Waals surface area contributed by atoms with Gasteiger partial charge >= 0.3 is 0 Å². The normalized spacial score (nSPS) is 15.1. The third-order valence-electron chi connectivity index (χ3n) is 6.01. The molecule has 2 amide bonds. The van der Waals surface area contributed by atoms with Crippen LogP contribution >= 0.6 is 12.2 Å². The smallest absolute Gasteiger partial charge is 0.270 e. The molecule has 1 aromatic heterocycles. The molecule has 2 aromatic carbocycles. The third kappa shape index (κ3) is 4.26. The van der Waals surface area contributed by atoms with Gasteiger partial charge in [0.25, 0.3) is 11.8 Å². The van der Waals surface area contributed by atoms with Gasteiger partial charge in [-0.15, -0.1) is 0 Å². The molecule has 1 saturated heterocycles. The summed E-state index contributed by atoms with van der Waals surface area (Å²) in [5, 5.41) is 2.69. The molecular formula is C27H27N3O3S. The van der Waals surface area contributed by atoms with Crippen molar-refractivity contribution in [2.24, 2.45) is 0 Å². The van der Waals surface area contributed by atoms with Gasteiger partial charge in [-0.05, 0) is 99.9 Å². The Labute approximate surface area is 204 Å². The number of nitrogens with zero attached hydrogens (tertiary/aromatic N) is 2. The predicted molar refractivity (Wildman–Crippen MR) is 139 cm³/mol. The van der Waals surface area contributed by atoms with Crippen LogP contribution in [0.3, 0.4) is 0 Å². The molecule has 0 saturated carbocycles. The Morgan fingerprint density at radius 3 is 2.44 bits per heavy atom. The summed E-state index contributed by atoms with van der Waals surface area (Å²) in [4.78, 5) is 27.5. The van der Waals surface area contributed by atoms with Gasteiger partial charge in [0.15, 0.2) is 5.11 Å². The number of hydrogen-bond acceptors (Lipinski definition) is 4. The molecule has 1 fully saturated rings. The van der Waals surface area contributed by atoms with Crippen LogP contribution in [0.5, 0.6) is 5.75 Å². The van der Waals surface area contributed by atoms with Crippen LogP contribution in [0, 0.1) is 27.7 Å². The number of anilines is 1. The lowest BCUT2D eigenvalue weighted by atomic mass is 10.1. The molecule has 1 aliphatic heterocycles. The monoisotopic (exact) mass is 473 g/mol. The van der Waals surface area contributed by atoms with E-state index in [0.717, 1.165) is 22.6 Å². The fraction of sp³-hybridized carbons (Fsp3) is 0.222. The molecule has 0 spiro atoms. The number of benzene rings is 2. The van der Waals surface area contributed by atoms with E-state index in [1.54, 1.807) is 30.3 Å². The minimum absolute atomic E-state index is 0.0238. The SMILES string of the molecule is CCOc1cccc(N2C(=O)C(=Cc3cc(C)n(-c4ccc(C)c(C)c4)c3C)C(=O)NC2=S)c1. The summed E-state index contributed by atoms with van der Waals surface area (Å²) in [5.41, 5.74) is 6.76. The summed E-state index contributed by atoms with van der Waals surface area (Å²) in [6, 6.07) is 15.4. The van der Waals surface area contributed by atoms with Gasteiger partial charge in [0, 0.05) is 23.1 Å². The van der Waals surface area contributed by atoms with Crippen molar-refractivity contribution in [1.82, 2.24) is 9.88 Å². The van der Waals surface area contributed by atoms with Gasteiger partial charge in [0.2, 0.25) is 0 Å². The number of rotatable bonds is 5. The van der Waals surface area contributed by atoms with Crippen LogP contribution in [-0.2, 0) is 9.59 Å². The number of nitrogens with one attached hydrogen (secondary N) is 1. The summed E-state index contributed by atoms with van der Waals surface area (Å²) >= 11 is 5.33. The van der Waals surface area contributed by atoms with Gasteiger partial charge in [-0.3, -0.25) is 19.8 Å². The fourth-order valence-corrected chi connectivity index (χ4v) is 4.40. The maximum absolute atomic E-state index is 13.4. The standard InChI is InChI=1S/C27H27N3O3S/c1-6-33-23-9-7-8-21(15-23)30-26(32)24(25(31)28-27(30)34)14-20-13-18(4)29(19(20)5)22-11-10-16(2)17(3)12-22/h7-15H,6H2,1-5H3,(H,28,31,34). The second kappa shape index (κ2) is 9.27. The molecule has 4 rings (SSSR count). The lowest BCUT2D eigenvalue weighted by molar-refractivity contribution is -0.122. The number of carbonyl (C=O) groups excluding carboxylic acids is 2. The van der Waals surface area contributed by atoms with Crippen molar-refractivity contribution in [3.8, 4) is 11.4 Å². The van der Waals surface area contributed by atoms with E-state index in [2.05, 4.69) is 41.9 Å². The van der Waals surface area contributed by atoms with Crippen molar-refractivity contribution < 1.29 is 14.3 Å². The Morgan fingerprint density at radius 1 is 0.971 bits per heavy atom. The number of hydrogen-bond donors (Lipinski definition) is 1. The van der Waals surface area contributed by atoms with Crippen molar-refractivity contribution in [3.05, 3.63) is 82.2 Å². The summed E-state index contributed by atoms with van der Waals surface area (Å²) in [7, 11) is 0. The molecule has 174 valence electrons. The van der Waals surface area contributed by atoms with Gasteiger partial charge in [-0.25, -0.2) is 0 Å². The molecule has 34 heavy (non-hydrogen) atoms. The largest absolute Gasteiger partial charge is 0.494 e. The van der Waals surface area contributed by atoms with Gasteiger partial charge in [0.1, 0.15) is 11.3 Å². The Balaban J connectivity index is 1.74. The minimum Gasteiger partial charge on any atom is -0.494 e. The number of carbonyl (C=O) groups is 2. The van der Waals surface area contributed by atoms with Gasteiger partial charge in [-0.1, -0.05) is 12.1 Å². The topological polar surface area (TPSA) is 63.6 Å². The summed E-state index contributed by atoms with van der Waals surface area (Å²) < 4.78 is 7.68. The number of aryl methyl sites for hydroxylation is 3. The van der Waals surface area contributed by atoms with Crippen LogP contribution in [0.25, 0.3) is 11.8 Å². The Morgan fingerprint density at radius 2 is 1.74 bits per heavy atom. The predicted octanol–water partition coefficient (Wildman–Crippen LogP) is 4.94. The maximum atomic E-state index is 13.4. The van der Waals surface area contributed by atoms with E-state index in [1.165, 1.54) is 16.0 Å². The average Bonchev–Trinajstić information content (AvgIpc) is 3.06. The molecule has 6 nitrogen and oxygen atoms in total. The van der Waals surface area contributed by atoms with E-state index >= 15 is 0 Å². The molecule has 2 heterocycles. The van der Waals surface area contributed by atoms with Crippen molar-refractivity contribution in [3.63, 3.8) is 0 Å². The zero-order chi connectivity index (χ0) is 24.6. The highest BCUT2D eigenvalue weighted by atomic mass is 32.1. The van der Waals surface area contributed by atoms with Crippen LogP contribution in [0.1, 0.15) is 35.0 Å². The summed E-state index contributed by atoms with van der Waals surface area (Å²) in [6.45, 7) is 10.5. The van der Waals surface area contributed by atoms with Gasteiger partial charge in [0.05, 0.1) is 12.3 Å². The lowest BCUT2D eigenvalue weighted by Gasteiger charge is -2.29. The van der Waals surface area contributed by atoms with Crippen LogP contribution < -0.4 is 15.0 Å². The fourth-order valence-electron chi connectivity index (χ4n) is 4.12. The highest BCUT2D eigenvalue weighted by Gasteiger charge is 2.35. The van der Waals surface area contributed by atoms with Crippen LogP contribution in [0.4, 0.5) is 5.69 Å². The molecule has 0 atom stereocenters. The summed E-state index contributed by atoms with van der Waals surface area (Å²) in [6.07, 6.45) is 1.64. The van der Waals surface area contributed by atoms with Crippen molar-refractivity contribution >= 4 is 40.9 Å². The van der Waals surface area contributed by atoms with Crippen molar-refractivity contribution in [1.29, 1.82) is 0 Å². The first-order chi connectivity index (χ1) is 16.2. The average molecular weight is 474 g/mol. The number of ether oxygens (including phenoxy) is 1. The molecule has 1 N–H and O–H groups in total. The van der Waals surface area contributed by atoms with Crippen LogP contribution in [0.15, 0.2) is 54.1 Å². The lowest BCUT2D eigenvalue weighted by Crippen LogP contribution is -2.54. The molecule has 1 aliphatic rings. The molecule has 0 radical (unpaired) electrons. The summed E-state index contributed by atoms with van der Waals surface area (Å²) in [5.74, 6) is -0.364. The highest BCUT2D eigenvalue weighted by molar-refractivity contribution is 7.80. The van der Waals surface area contributed by atoms with E-state index in [-0.39, 0.29) is 10.7 Å². The molecule has 0 aliphatic carbocycles. The van der Waals surface area contributed by atoms with E-state index in [9.17, 15) is 9.59 Å². The number of thiocarbonyl (C=S) groups is 1. The highest BCUT2D eigenvalue weighted by Crippen LogP contribution is 2.28. The maximum Gasteiger partial charge on any atom is 0.270 e. The van der Waals surface area contributed by atoms with E-state index in [4.69, 9.17) is 17.0 Å². The molecule has 3 aromatic rings. The first-order valence-corrected chi connectivity index (χ1v) is 11.5. The second-order valence-corrected chi connectivity index (χ2v) is 8.71. The Kier molecular flexibility index (Phi) is 6.39. The first kappa shape index (κ1) is 23.4. The van der Waals surface area contributed by atoms with Crippen molar-refractivity contribution in [2.75, 3.05) is 11.5 Å². The zero-order valence-electron chi connectivity index (χ0n) is 19.9. The first-order valence-electron chi connectivity index (χ1n) is 11.1. The minimum atomic E-state index is -0.511. The second-order valence-electron chi connectivity index (χ2n) is 8.32. The number of aromatic nitrogens is 1. The Hall–Kier alpha value is -3.71.